The van der Waals surface area contributed by atoms with Crippen LogP contribution in [0.3, 0.4) is 0 Å². The number of hydrogen-bond acceptors (Lipinski definition) is 18. The minimum absolute atomic E-state index is 0.0174. The molecule has 4 N–H and O–H groups in total. The van der Waals surface area contributed by atoms with Gasteiger partial charge in [0.15, 0.2) is 11.6 Å². The number of aromatic nitrogens is 6. The van der Waals surface area contributed by atoms with Gasteiger partial charge in [-0.1, -0.05) is 69.2 Å². The highest BCUT2D eigenvalue weighted by molar-refractivity contribution is 7.13. The zero-order valence-electron chi connectivity index (χ0n) is 47.6. The Balaban J connectivity index is 0.670. The molecule has 1 aliphatic rings. The molecule has 3 atom stereocenters. The van der Waals surface area contributed by atoms with Gasteiger partial charge in [0.1, 0.15) is 24.4 Å². The van der Waals surface area contributed by atoms with Crippen molar-refractivity contribution >= 4 is 46.9 Å². The second-order valence-electron chi connectivity index (χ2n) is 20.3. The van der Waals surface area contributed by atoms with Gasteiger partial charge in [-0.15, -0.1) is 21.5 Å². The SMILES string of the molecule is Cc1ncsc1-c1ccc(CNC(=O)C#CC2C[C@@H](O)CN2C(=O)C(/C=N\C(=O)CCOCCOCCOCCOCCOCCOc2cccc(CNC(=O)c3cccc(NCc4nnc(-c5ccncn5)n4C)c3)c2)C(C)(C)C)cc1. The minimum atomic E-state index is -0.806. The molecule has 440 valence electrons. The van der Waals surface area contributed by atoms with Crippen molar-refractivity contribution < 1.29 is 52.7 Å². The van der Waals surface area contributed by atoms with Gasteiger partial charge in [0.05, 0.1) is 113 Å². The fraction of sp³-hybridized carbons (Fsp3) is 0.433. The standard InChI is InChI=1S/C60H73N11O11S/c1-42-56(83-41-67-42)45-14-12-43(13-15-45)35-63-54(73)17-16-48-34-49(72)39-71(48)59(76)51(60(2,3)4)37-64-55(74)19-21-77-22-23-78-24-25-79-26-27-80-28-29-81-30-31-82-50-11-6-8-44(32-50)36-65-58(75)46-9-7-10-47(33-46)62-38-53-68-69-57(70(53)5)52-18-20-61-40-66-52/h6-15,18,20,32-33,37,40-41,48-49,51,62,72H,19,21-31,34-36,38-39H2,1-5H3,(H,63,73)(H,65,75)/b64-37-/t48?,49-,51?/m1/s1. The average Bonchev–Trinajstić information content (AvgIpc) is 4.45. The van der Waals surface area contributed by atoms with E-state index >= 15 is 0 Å². The molecule has 0 aliphatic carbocycles. The number of ether oxygens (including phenoxy) is 6. The summed E-state index contributed by atoms with van der Waals surface area (Å²) in [4.78, 5) is 71.5. The molecule has 3 aromatic heterocycles. The molecule has 1 saturated heterocycles. The molecule has 0 radical (unpaired) electrons. The van der Waals surface area contributed by atoms with Crippen molar-refractivity contribution in [2.24, 2.45) is 23.4 Å². The first-order chi connectivity index (χ1) is 40.2. The van der Waals surface area contributed by atoms with Gasteiger partial charge in [0.25, 0.3) is 11.8 Å². The van der Waals surface area contributed by atoms with Gasteiger partial charge in [0, 0.05) is 56.8 Å². The summed E-state index contributed by atoms with van der Waals surface area (Å²) in [5.74, 6) is 5.23. The fourth-order valence-corrected chi connectivity index (χ4v) is 9.30. The Morgan fingerprint density at radius 3 is 2.17 bits per heavy atom. The molecule has 22 nitrogen and oxygen atoms in total. The molecule has 83 heavy (non-hydrogen) atoms. The van der Waals surface area contributed by atoms with Crippen LogP contribution in [0.2, 0.25) is 0 Å². The molecule has 4 heterocycles. The lowest BCUT2D eigenvalue weighted by Crippen LogP contribution is -2.44. The first-order valence-corrected chi connectivity index (χ1v) is 28.3. The maximum absolute atomic E-state index is 13.9. The number of benzene rings is 3. The van der Waals surface area contributed by atoms with Gasteiger partial charge < -0.3 is 58.9 Å². The van der Waals surface area contributed by atoms with Gasteiger partial charge in [-0.2, -0.15) is 0 Å². The number of aryl methyl sites for hydroxylation is 1. The van der Waals surface area contributed by atoms with Crippen molar-refractivity contribution in [2.75, 3.05) is 84.5 Å². The number of nitrogens with zero attached hydrogens (tertiary/aromatic N) is 8. The predicted octanol–water partition coefficient (Wildman–Crippen LogP) is 5.64. The molecule has 0 spiro atoms. The van der Waals surface area contributed by atoms with E-state index in [1.807, 2.05) is 105 Å². The van der Waals surface area contributed by atoms with Crippen molar-refractivity contribution in [3.05, 3.63) is 125 Å². The van der Waals surface area contributed by atoms with Crippen LogP contribution in [0.5, 0.6) is 5.75 Å². The van der Waals surface area contributed by atoms with E-state index in [-0.39, 0.29) is 51.0 Å². The molecular weight excluding hydrogens is 1080 g/mol. The molecule has 1 aliphatic heterocycles. The number of hydrogen-bond donors (Lipinski definition) is 4. The lowest BCUT2D eigenvalue weighted by molar-refractivity contribution is -0.136. The molecule has 23 heteroatoms. The van der Waals surface area contributed by atoms with Crippen LogP contribution in [0, 0.1) is 30.1 Å². The molecule has 1 fully saturated rings. The molecule has 0 saturated carbocycles. The summed E-state index contributed by atoms with van der Waals surface area (Å²) in [6.45, 7) is 12.4. The Morgan fingerprint density at radius 2 is 1.49 bits per heavy atom. The third-order valence-corrected chi connectivity index (χ3v) is 14.0. The van der Waals surface area contributed by atoms with Gasteiger partial charge >= 0.3 is 0 Å². The minimum Gasteiger partial charge on any atom is -0.491 e. The highest BCUT2D eigenvalue weighted by atomic mass is 32.1. The maximum atomic E-state index is 13.9. The third kappa shape index (κ3) is 20.5. The number of aliphatic hydroxyl groups excluding tert-OH is 1. The number of carbonyl (C=O) groups is 4. The quantitative estimate of drug-likeness (QED) is 0.0233. The van der Waals surface area contributed by atoms with E-state index in [2.05, 4.69) is 57.9 Å². The topological polar surface area (TPSA) is 265 Å². The molecule has 4 amide bonds. The number of nitrogens with one attached hydrogen (secondary N) is 3. The number of aliphatic imine (C=N–C) groups is 1. The van der Waals surface area contributed by atoms with E-state index in [0.717, 1.165) is 32.9 Å². The summed E-state index contributed by atoms with van der Waals surface area (Å²) in [6.07, 6.45) is 3.90. The van der Waals surface area contributed by atoms with Crippen LogP contribution in [-0.4, -0.2) is 161 Å². The molecular formula is C60H73N11O11S. The van der Waals surface area contributed by atoms with Crippen LogP contribution in [0.15, 0.2) is 102 Å². The van der Waals surface area contributed by atoms with Crippen molar-refractivity contribution in [2.45, 2.75) is 72.3 Å². The Hall–Kier alpha value is -7.82. The van der Waals surface area contributed by atoms with Crippen molar-refractivity contribution in [3.8, 4) is 39.5 Å². The Morgan fingerprint density at radius 1 is 0.807 bits per heavy atom. The predicted molar refractivity (Wildman–Crippen MR) is 312 cm³/mol. The highest BCUT2D eigenvalue weighted by Gasteiger charge is 2.40. The van der Waals surface area contributed by atoms with Crippen molar-refractivity contribution in [1.82, 2.24) is 45.2 Å². The second-order valence-corrected chi connectivity index (χ2v) is 21.2. The summed E-state index contributed by atoms with van der Waals surface area (Å²) < 4.78 is 35.7. The Labute approximate surface area is 487 Å². The Kier molecular flexibility index (Phi) is 24.7. The zero-order chi connectivity index (χ0) is 58.8. The summed E-state index contributed by atoms with van der Waals surface area (Å²) in [6, 6.07) is 23.8. The third-order valence-electron chi connectivity index (χ3n) is 13.0. The molecule has 3 aromatic carbocycles. The van der Waals surface area contributed by atoms with Crippen molar-refractivity contribution in [1.29, 1.82) is 0 Å². The van der Waals surface area contributed by atoms with E-state index in [1.54, 1.807) is 35.7 Å². The van der Waals surface area contributed by atoms with E-state index in [1.165, 1.54) is 17.4 Å². The number of carbonyl (C=O) groups excluding carboxylic acids is 4. The van der Waals surface area contributed by atoms with E-state index < -0.39 is 35.3 Å². The summed E-state index contributed by atoms with van der Waals surface area (Å²) in [7, 11) is 1.87. The normalized spacial score (nSPS) is 14.5. The lowest BCUT2D eigenvalue weighted by atomic mass is 9.80. The first kappa shape index (κ1) is 62.8. The molecule has 2 unspecified atom stereocenters. The van der Waals surface area contributed by atoms with Gasteiger partial charge in [0.2, 0.25) is 11.8 Å². The summed E-state index contributed by atoms with van der Waals surface area (Å²) in [5.41, 5.74) is 6.98. The van der Waals surface area contributed by atoms with Gasteiger partial charge in [-0.3, -0.25) is 19.2 Å². The summed E-state index contributed by atoms with van der Waals surface area (Å²) in [5, 5.41) is 28.2. The van der Waals surface area contributed by atoms with Gasteiger partial charge in [-0.25, -0.2) is 19.9 Å². The first-order valence-electron chi connectivity index (χ1n) is 27.4. The monoisotopic (exact) mass is 1160 g/mol. The largest absolute Gasteiger partial charge is 0.491 e. The fourth-order valence-electron chi connectivity index (χ4n) is 8.48. The lowest BCUT2D eigenvalue weighted by Gasteiger charge is -2.31. The number of β-amino-alcohol motifs (C(OH)–C–C–N with tert-alkyl or cyclic N) is 1. The number of amides is 4. The van der Waals surface area contributed by atoms with Crippen molar-refractivity contribution in [3.63, 3.8) is 0 Å². The van der Waals surface area contributed by atoms with E-state index in [4.69, 9.17) is 28.4 Å². The van der Waals surface area contributed by atoms with Crippen LogP contribution in [0.1, 0.15) is 66.6 Å². The van der Waals surface area contributed by atoms with Gasteiger partial charge in [-0.05, 0) is 71.3 Å². The number of anilines is 1. The number of thiazole rings is 1. The van der Waals surface area contributed by atoms with Crippen LogP contribution >= 0.6 is 11.3 Å². The van der Waals surface area contributed by atoms with Crippen LogP contribution < -0.4 is 20.7 Å². The van der Waals surface area contributed by atoms with Crippen LogP contribution in [0.4, 0.5) is 5.69 Å². The number of aliphatic hydroxyl groups is 1. The van der Waals surface area contributed by atoms with Crippen LogP contribution in [0.25, 0.3) is 22.0 Å². The van der Waals surface area contributed by atoms with Crippen LogP contribution in [-0.2, 0) is 64.7 Å². The average molecular weight is 1160 g/mol. The van der Waals surface area contributed by atoms with E-state index in [9.17, 15) is 24.3 Å². The smallest absolute Gasteiger partial charge is 0.296 e. The molecule has 6 aromatic rings. The highest BCUT2D eigenvalue weighted by Crippen LogP contribution is 2.30. The number of likely N-dealkylation sites (tertiary alicyclic amines) is 1. The Bertz CT molecular complexity index is 3120. The van der Waals surface area contributed by atoms with E-state index in [0.29, 0.717) is 101 Å². The number of rotatable bonds is 31. The second kappa shape index (κ2) is 32.7. The maximum Gasteiger partial charge on any atom is 0.296 e. The summed E-state index contributed by atoms with van der Waals surface area (Å²) >= 11 is 1.57. The zero-order valence-corrected chi connectivity index (χ0v) is 48.4. The molecule has 0 bridgehead atoms. The molecule has 7 rings (SSSR count).